The quantitative estimate of drug-likeness (QED) is 0.501. The molecule has 1 saturated carbocycles. The van der Waals surface area contributed by atoms with Gasteiger partial charge in [0.05, 0.1) is 6.04 Å². The molecule has 3 atom stereocenters. The largest absolute Gasteiger partial charge is 0.344 e. The van der Waals surface area contributed by atoms with Crippen molar-refractivity contribution in [2.75, 3.05) is 6.54 Å². The molecule has 6 nitrogen and oxygen atoms in total. The second-order valence-corrected chi connectivity index (χ2v) is 10.7. The van der Waals surface area contributed by atoms with Gasteiger partial charge in [-0.3, -0.25) is 14.4 Å². The van der Waals surface area contributed by atoms with Crippen molar-refractivity contribution in [3.8, 4) is 0 Å². The molecule has 188 valence electrons. The minimum atomic E-state index is -0.516. The van der Waals surface area contributed by atoms with Crippen molar-refractivity contribution in [3.63, 3.8) is 0 Å². The van der Waals surface area contributed by atoms with E-state index in [4.69, 9.17) is 0 Å². The molecule has 0 bridgehead atoms. The van der Waals surface area contributed by atoms with Gasteiger partial charge in [-0.15, -0.1) is 11.3 Å². The van der Waals surface area contributed by atoms with E-state index in [1.807, 2.05) is 18.7 Å². The molecule has 1 aliphatic carbocycles. The molecule has 1 aromatic carbocycles. The van der Waals surface area contributed by atoms with Crippen molar-refractivity contribution in [1.82, 2.24) is 15.2 Å². The van der Waals surface area contributed by atoms with Crippen LogP contribution < -0.4 is 5.32 Å². The molecular formula is C27H34FN3O3S. The van der Waals surface area contributed by atoms with Gasteiger partial charge in [-0.05, 0) is 62.3 Å². The molecule has 1 aromatic heterocycles. The van der Waals surface area contributed by atoms with Gasteiger partial charge in [-0.2, -0.15) is 0 Å². The lowest BCUT2D eigenvalue weighted by molar-refractivity contribution is -0.140. The summed E-state index contributed by atoms with van der Waals surface area (Å²) in [7, 11) is 0. The molecule has 2 amide bonds. The average Bonchev–Trinajstić information content (AvgIpc) is 3.56. The maximum atomic E-state index is 13.9. The Hall–Kier alpha value is -2.61. The van der Waals surface area contributed by atoms with Crippen molar-refractivity contribution in [2.24, 2.45) is 11.8 Å². The maximum Gasteiger partial charge on any atom is 0.246 e. The number of benzene rings is 1. The van der Waals surface area contributed by atoms with Gasteiger partial charge in [0, 0.05) is 23.4 Å². The van der Waals surface area contributed by atoms with Gasteiger partial charge in [0.15, 0.2) is 0 Å². The molecule has 2 aromatic rings. The molecule has 4 rings (SSSR count). The van der Waals surface area contributed by atoms with Crippen LogP contribution in [0.15, 0.2) is 29.6 Å². The molecule has 1 saturated heterocycles. The number of nitrogens with one attached hydrogen (secondary N) is 1. The molecule has 2 fully saturated rings. The Morgan fingerprint density at radius 2 is 1.83 bits per heavy atom. The first kappa shape index (κ1) is 25.5. The summed E-state index contributed by atoms with van der Waals surface area (Å²) in [4.78, 5) is 45.9. The van der Waals surface area contributed by atoms with Crippen LogP contribution in [0.4, 0.5) is 4.39 Å². The first-order chi connectivity index (χ1) is 16.9. The normalized spacial score (nSPS) is 20.4. The number of hydrogen-bond donors (Lipinski definition) is 1. The van der Waals surface area contributed by atoms with Crippen LogP contribution in [-0.4, -0.2) is 40.1 Å². The van der Waals surface area contributed by atoms with Crippen LogP contribution in [0.3, 0.4) is 0 Å². The number of nitrogens with zero attached hydrogens (tertiary/aromatic N) is 2. The van der Waals surface area contributed by atoms with Crippen molar-refractivity contribution in [1.29, 1.82) is 0 Å². The van der Waals surface area contributed by atoms with Gasteiger partial charge in [0.25, 0.3) is 0 Å². The smallest absolute Gasteiger partial charge is 0.246 e. The van der Waals surface area contributed by atoms with Crippen LogP contribution in [0.25, 0.3) is 0 Å². The predicted molar refractivity (Wildman–Crippen MR) is 134 cm³/mol. The topological polar surface area (TPSA) is 79.4 Å². The Morgan fingerprint density at radius 3 is 2.51 bits per heavy atom. The summed E-state index contributed by atoms with van der Waals surface area (Å²) >= 11 is 1.38. The van der Waals surface area contributed by atoms with Crippen LogP contribution in [0.1, 0.15) is 92.3 Å². The number of carbonyl (C=O) groups is 3. The monoisotopic (exact) mass is 499 g/mol. The van der Waals surface area contributed by atoms with E-state index in [1.165, 1.54) is 42.0 Å². The Kier molecular flexibility index (Phi) is 8.31. The van der Waals surface area contributed by atoms with Gasteiger partial charge in [0.1, 0.15) is 22.6 Å². The molecule has 0 radical (unpaired) electrons. The number of rotatable bonds is 8. The molecule has 35 heavy (non-hydrogen) atoms. The molecule has 2 heterocycles. The van der Waals surface area contributed by atoms with Gasteiger partial charge in [-0.25, -0.2) is 9.37 Å². The van der Waals surface area contributed by atoms with Gasteiger partial charge in [-0.1, -0.05) is 33.1 Å². The highest BCUT2D eigenvalue weighted by atomic mass is 32.1. The zero-order valence-corrected chi connectivity index (χ0v) is 21.3. The Balaban J connectivity index is 1.53. The highest BCUT2D eigenvalue weighted by Crippen LogP contribution is 2.36. The Bertz CT molecular complexity index is 1050. The van der Waals surface area contributed by atoms with Gasteiger partial charge >= 0.3 is 0 Å². The van der Waals surface area contributed by atoms with Crippen LogP contribution >= 0.6 is 11.3 Å². The van der Waals surface area contributed by atoms with Crippen molar-refractivity contribution in [3.05, 3.63) is 51.7 Å². The number of ketones is 1. The van der Waals surface area contributed by atoms with E-state index in [2.05, 4.69) is 10.3 Å². The number of carbonyl (C=O) groups excluding carboxylic acids is 3. The third-order valence-corrected chi connectivity index (χ3v) is 8.37. The lowest BCUT2D eigenvalue weighted by atomic mass is 9.83. The molecule has 1 aliphatic heterocycles. The van der Waals surface area contributed by atoms with E-state index < -0.39 is 11.9 Å². The fourth-order valence-corrected chi connectivity index (χ4v) is 6.03. The summed E-state index contributed by atoms with van der Waals surface area (Å²) in [6.45, 7) is 4.49. The van der Waals surface area contributed by atoms with Crippen LogP contribution in [0, 0.1) is 17.7 Å². The van der Waals surface area contributed by atoms with Gasteiger partial charge in [0.2, 0.25) is 17.6 Å². The highest BCUT2D eigenvalue weighted by molar-refractivity contribution is 7.10. The second kappa shape index (κ2) is 11.4. The van der Waals surface area contributed by atoms with Crippen molar-refractivity contribution in [2.45, 2.75) is 77.3 Å². The molecule has 0 spiro atoms. The molecule has 2 aliphatic rings. The van der Waals surface area contributed by atoms with E-state index in [1.54, 1.807) is 5.38 Å². The first-order valence-electron chi connectivity index (χ1n) is 12.8. The van der Waals surface area contributed by atoms with Crippen LogP contribution in [0.2, 0.25) is 0 Å². The minimum Gasteiger partial charge on any atom is -0.344 e. The maximum absolute atomic E-state index is 13.9. The van der Waals surface area contributed by atoms with Gasteiger partial charge < -0.3 is 10.2 Å². The predicted octanol–water partition coefficient (Wildman–Crippen LogP) is 5.29. The Morgan fingerprint density at radius 1 is 1.11 bits per heavy atom. The standard InChI is InChI=1S/C27H34FN3O3S/c1-3-17(2)25(33)30-23(18-8-5-4-6-9-18)27(34)31-15-7-10-22(31)26-29-21(16-35-26)24(32)19-11-13-20(28)14-12-19/h11-14,16-18,22-23H,3-10,15H2,1-2H3,(H,30,33)/t17-,22+,23+/m1/s1. The highest BCUT2D eigenvalue weighted by Gasteiger charge is 2.40. The Labute approximate surface area is 210 Å². The lowest BCUT2D eigenvalue weighted by Gasteiger charge is -2.35. The lowest BCUT2D eigenvalue weighted by Crippen LogP contribution is -2.53. The summed E-state index contributed by atoms with van der Waals surface area (Å²) in [6.07, 6.45) is 7.60. The summed E-state index contributed by atoms with van der Waals surface area (Å²) < 4.78 is 13.2. The SMILES string of the molecule is CC[C@@H](C)C(=O)N[C@H](C(=O)N1CCC[C@H]1c1nc(C(=O)c2ccc(F)cc2)cs1)C1CCCCC1. The second-order valence-electron chi connectivity index (χ2n) is 9.79. The average molecular weight is 500 g/mol. The van der Waals surface area contributed by atoms with Crippen LogP contribution in [0.5, 0.6) is 0 Å². The zero-order valence-electron chi connectivity index (χ0n) is 20.5. The van der Waals surface area contributed by atoms with E-state index in [9.17, 15) is 18.8 Å². The number of thiazole rings is 1. The molecule has 0 unspecified atom stereocenters. The molecule has 1 N–H and O–H groups in total. The van der Waals surface area contributed by atoms with E-state index in [0.717, 1.165) is 50.0 Å². The number of hydrogen-bond acceptors (Lipinski definition) is 5. The third-order valence-electron chi connectivity index (χ3n) is 7.43. The fraction of sp³-hybridized carbons (Fsp3) is 0.556. The molecular weight excluding hydrogens is 465 g/mol. The number of amides is 2. The van der Waals surface area contributed by atoms with Crippen LogP contribution in [-0.2, 0) is 9.59 Å². The van der Waals surface area contributed by atoms with Crippen molar-refractivity contribution < 1.29 is 18.8 Å². The van der Waals surface area contributed by atoms with E-state index in [0.29, 0.717) is 17.8 Å². The van der Waals surface area contributed by atoms with E-state index >= 15 is 0 Å². The zero-order chi connectivity index (χ0) is 24.9. The molecule has 8 heteroatoms. The number of halogens is 1. The summed E-state index contributed by atoms with van der Waals surface area (Å²) in [5, 5.41) is 5.55. The summed E-state index contributed by atoms with van der Waals surface area (Å²) in [5.74, 6) is -0.733. The first-order valence-corrected chi connectivity index (χ1v) is 13.6. The number of likely N-dealkylation sites (tertiary alicyclic amines) is 1. The number of aromatic nitrogens is 1. The summed E-state index contributed by atoms with van der Waals surface area (Å²) in [6, 6.07) is 4.72. The van der Waals surface area contributed by atoms with Crippen molar-refractivity contribution >= 4 is 28.9 Å². The fourth-order valence-electron chi connectivity index (χ4n) is 5.09. The van der Waals surface area contributed by atoms with E-state index in [-0.39, 0.29) is 35.5 Å². The summed E-state index contributed by atoms with van der Waals surface area (Å²) in [5.41, 5.74) is 0.692. The minimum absolute atomic E-state index is 0.0299. The third kappa shape index (κ3) is 5.80.